The lowest BCUT2D eigenvalue weighted by Crippen LogP contribution is -2.30. The molecule has 2 unspecified atom stereocenters. The minimum absolute atomic E-state index is 0.443. The zero-order valence-electron chi connectivity index (χ0n) is 11.6. The van der Waals surface area contributed by atoms with Gasteiger partial charge < -0.3 is 10.1 Å². The minimum Gasteiger partial charge on any atom is -0.453 e. The van der Waals surface area contributed by atoms with Gasteiger partial charge in [0, 0.05) is 17.4 Å². The predicted octanol–water partition coefficient (Wildman–Crippen LogP) is 3.86. The largest absolute Gasteiger partial charge is 0.453 e. The highest BCUT2D eigenvalue weighted by atomic mass is 16.5. The Morgan fingerprint density at radius 3 is 2.42 bits per heavy atom. The van der Waals surface area contributed by atoms with Crippen molar-refractivity contribution in [2.75, 3.05) is 17.7 Å². The Labute approximate surface area is 114 Å². The second-order valence-electron chi connectivity index (χ2n) is 5.21. The maximum Gasteiger partial charge on any atom is 0.411 e. The van der Waals surface area contributed by atoms with Gasteiger partial charge in [0.05, 0.1) is 7.11 Å². The Morgan fingerprint density at radius 1 is 1.16 bits per heavy atom. The molecule has 1 saturated carbocycles. The van der Waals surface area contributed by atoms with Crippen molar-refractivity contribution in [2.45, 2.75) is 38.6 Å². The molecule has 2 N–H and O–H groups in total. The predicted molar refractivity (Wildman–Crippen MR) is 77.5 cm³/mol. The summed E-state index contributed by atoms with van der Waals surface area (Å²) in [5.74, 6) is 0.724. The van der Waals surface area contributed by atoms with Gasteiger partial charge in [-0.25, -0.2) is 4.79 Å². The third-order valence-electron chi connectivity index (χ3n) is 3.78. The number of rotatable bonds is 3. The molecule has 1 aromatic carbocycles. The van der Waals surface area contributed by atoms with Gasteiger partial charge in [0.25, 0.3) is 0 Å². The summed E-state index contributed by atoms with van der Waals surface area (Å²) >= 11 is 0. The normalized spacial score (nSPS) is 22.6. The molecular formula is C15H22N2O2. The van der Waals surface area contributed by atoms with E-state index in [0.29, 0.717) is 6.04 Å². The first-order chi connectivity index (χ1) is 9.19. The molecule has 0 radical (unpaired) electrons. The van der Waals surface area contributed by atoms with Crippen LogP contribution in [0.2, 0.25) is 0 Å². The first-order valence-electron chi connectivity index (χ1n) is 6.90. The van der Waals surface area contributed by atoms with Crippen LogP contribution in [-0.2, 0) is 4.74 Å². The minimum atomic E-state index is -0.443. The highest BCUT2D eigenvalue weighted by Crippen LogP contribution is 2.27. The van der Waals surface area contributed by atoms with E-state index in [1.165, 1.54) is 32.8 Å². The zero-order chi connectivity index (χ0) is 13.7. The van der Waals surface area contributed by atoms with Crippen LogP contribution in [0.4, 0.5) is 16.2 Å². The zero-order valence-corrected chi connectivity index (χ0v) is 11.6. The fourth-order valence-electron chi connectivity index (χ4n) is 2.56. The lowest BCUT2D eigenvalue weighted by atomic mass is 9.86. The van der Waals surface area contributed by atoms with Crippen molar-refractivity contribution < 1.29 is 9.53 Å². The summed E-state index contributed by atoms with van der Waals surface area (Å²) in [6, 6.07) is 8.31. The van der Waals surface area contributed by atoms with E-state index in [0.717, 1.165) is 17.3 Å². The van der Waals surface area contributed by atoms with E-state index in [9.17, 15) is 4.79 Å². The molecule has 2 atom stereocenters. The molecule has 0 saturated heterocycles. The Kier molecular flexibility index (Phi) is 4.66. The number of amides is 1. The molecule has 19 heavy (non-hydrogen) atoms. The third-order valence-corrected chi connectivity index (χ3v) is 3.78. The molecule has 1 aliphatic carbocycles. The van der Waals surface area contributed by atoms with E-state index < -0.39 is 6.09 Å². The Bertz CT molecular complexity index is 417. The summed E-state index contributed by atoms with van der Waals surface area (Å²) in [6.45, 7) is 2.31. The van der Waals surface area contributed by atoms with E-state index in [4.69, 9.17) is 0 Å². The lowest BCUT2D eigenvalue weighted by molar-refractivity contribution is 0.187. The molecule has 1 aromatic rings. The van der Waals surface area contributed by atoms with Crippen molar-refractivity contribution in [3.8, 4) is 0 Å². The van der Waals surface area contributed by atoms with Crippen LogP contribution < -0.4 is 10.6 Å². The van der Waals surface area contributed by atoms with Gasteiger partial charge >= 0.3 is 6.09 Å². The van der Waals surface area contributed by atoms with E-state index >= 15 is 0 Å². The summed E-state index contributed by atoms with van der Waals surface area (Å²) in [5.41, 5.74) is 1.85. The topological polar surface area (TPSA) is 50.4 Å². The van der Waals surface area contributed by atoms with Crippen LogP contribution in [0.15, 0.2) is 24.3 Å². The number of benzene rings is 1. The monoisotopic (exact) mass is 262 g/mol. The molecule has 1 fully saturated rings. The number of carbonyl (C=O) groups is 1. The van der Waals surface area contributed by atoms with Crippen molar-refractivity contribution >= 4 is 17.5 Å². The maximum absolute atomic E-state index is 11.1. The van der Waals surface area contributed by atoms with Gasteiger partial charge in [0.2, 0.25) is 0 Å². The number of anilines is 2. The average molecular weight is 262 g/mol. The van der Waals surface area contributed by atoms with Crippen LogP contribution in [0.25, 0.3) is 0 Å². The molecule has 2 rings (SSSR count). The second kappa shape index (κ2) is 6.45. The maximum atomic E-state index is 11.1. The molecule has 0 aliphatic heterocycles. The van der Waals surface area contributed by atoms with Crippen molar-refractivity contribution in [1.29, 1.82) is 0 Å². The van der Waals surface area contributed by atoms with Gasteiger partial charge in [-0.3, -0.25) is 5.32 Å². The number of hydrogen-bond acceptors (Lipinski definition) is 3. The van der Waals surface area contributed by atoms with Gasteiger partial charge in [-0.1, -0.05) is 19.8 Å². The van der Waals surface area contributed by atoms with Crippen molar-refractivity contribution in [3.63, 3.8) is 0 Å². The van der Waals surface area contributed by atoms with Gasteiger partial charge in [0.15, 0.2) is 0 Å². The molecular weight excluding hydrogens is 240 g/mol. The molecule has 0 bridgehead atoms. The summed E-state index contributed by atoms with van der Waals surface area (Å²) < 4.78 is 4.55. The van der Waals surface area contributed by atoms with Crippen LogP contribution in [-0.4, -0.2) is 19.2 Å². The van der Waals surface area contributed by atoms with E-state index in [1.54, 1.807) is 0 Å². The van der Waals surface area contributed by atoms with Crippen LogP contribution >= 0.6 is 0 Å². The fraction of sp³-hybridized carbons (Fsp3) is 0.533. The van der Waals surface area contributed by atoms with Gasteiger partial charge in [0.1, 0.15) is 0 Å². The van der Waals surface area contributed by atoms with Gasteiger partial charge in [-0.05, 0) is 43.0 Å². The smallest absolute Gasteiger partial charge is 0.411 e. The van der Waals surface area contributed by atoms with Crippen LogP contribution in [0.5, 0.6) is 0 Å². The van der Waals surface area contributed by atoms with Crippen LogP contribution in [0.1, 0.15) is 32.6 Å². The SMILES string of the molecule is COC(=O)Nc1ccc(NC2CCCCC2C)cc1. The summed E-state index contributed by atoms with van der Waals surface area (Å²) in [4.78, 5) is 11.1. The summed E-state index contributed by atoms with van der Waals surface area (Å²) in [6.07, 6.45) is 4.76. The Balaban J connectivity index is 1.92. The number of ether oxygens (including phenoxy) is 1. The Morgan fingerprint density at radius 2 is 1.79 bits per heavy atom. The standard InChI is InChI=1S/C15H22N2O2/c1-11-5-3-4-6-14(11)16-12-7-9-13(10-8-12)17-15(18)19-2/h7-11,14,16H,3-6H2,1-2H3,(H,17,18). The quantitative estimate of drug-likeness (QED) is 0.869. The van der Waals surface area contributed by atoms with Gasteiger partial charge in [-0.2, -0.15) is 0 Å². The Hall–Kier alpha value is -1.71. The molecule has 0 aromatic heterocycles. The lowest BCUT2D eigenvalue weighted by Gasteiger charge is -2.30. The second-order valence-corrected chi connectivity index (χ2v) is 5.21. The summed E-state index contributed by atoms with van der Waals surface area (Å²) in [5, 5.41) is 6.22. The fourth-order valence-corrected chi connectivity index (χ4v) is 2.56. The first-order valence-corrected chi connectivity index (χ1v) is 6.90. The number of nitrogens with one attached hydrogen (secondary N) is 2. The highest BCUT2D eigenvalue weighted by Gasteiger charge is 2.20. The van der Waals surface area contributed by atoms with Crippen molar-refractivity contribution in [3.05, 3.63) is 24.3 Å². The molecule has 1 amide bonds. The molecule has 104 valence electrons. The number of methoxy groups -OCH3 is 1. The highest BCUT2D eigenvalue weighted by molar-refractivity contribution is 5.84. The number of hydrogen-bond donors (Lipinski definition) is 2. The van der Waals surface area contributed by atoms with Crippen LogP contribution in [0, 0.1) is 5.92 Å². The van der Waals surface area contributed by atoms with E-state index in [-0.39, 0.29) is 0 Å². The molecule has 4 nitrogen and oxygen atoms in total. The summed E-state index contributed by atoms with van der Waals surface area (Å²) in [7, 11) is 1.36. The first kappa shape index (κ1) is 13.7. The molecule has 0 heterocycles. The third kappa shape index (κ3) is 3.88. The molecule has 1 aliphatic rings. The van der Waals surface area contributed by atoms with Gasteiger partial charge in [-0.15, -0.1) is 0 Å². The number of carbonyl (C=O) groups excluding carboxylic acids is 1. The van der Waals surface area contributed by atoms with Crippen molar-refractivity contribution in [2.24, 2.45) is 5.92 Å². The average Bonchev–Trinajstić information content (AvgIpc) is 2.43. The molecule has 4 heteroatoms. The van der Waals surface area contributed by atoms with Crippen LogP contribution in [0.3, 0.4) is 0 Å². The molecule has 0 spiro atoms. The van der Waals surface area contributed by atoms with E-state index in [1.807, 2.05) is 24.3 Å². The van der Waals surface area contributed by atoms with E-state index in [2.05, 4.69) is 22.3 Å². The van der Waals surface area contributed by atoms with Crippen molar-refractivity contribution in [1.82, 2.24) is 0 Å².